The molecule has 0 aliphatic rings. The first-order valence-corrected chi connectivity index (χ1v) is 7.42. The van der Waals surface area contributed by atoms with Crippen molar-refractivity contribution in [1.29, 1.82) is 0 Å². The van der Waals surface area contributed by atoms with E-state index in [0.717, 1.165) is 19.4 Å². The lowest BCUT2D eigenvalue weighted by Gasteiger charge is -2.35. The van der Waals surface area contributed by atoms with Crippen molar-refractivity contribution in [3.63, 3.8) is 0 Å². The van der Waals surface area contributed by atoms with Gasteiger partial charge >= 0.3 is 0 Å². The quantitative estimate of drug-likeness (QED) is 0.678. The number of alkyl halides is 1. The summed E-state index contributed by atoms with van der Waals surface area (Å²) in [5.74, 6) is 1.18. The van der Waals surface area contributed by atoms with E-state index in [9.17, 15) is 0 Å². The SMILES string of the molecule is CCC(CC)N(CC(C)C)c1cnccc1CCl. The van der Waals surface area contributed by atoms with E-state index in [-0.39, 0.29) is 0 Å². The Hall–Kier alpha value is -0.760. The molecule has 1 rings (SSSR count). The number of aromatic nitrogens is 1. The fourth-order valence-electron chi connectivity index (χ4n) is 2.35. The van der Waals surface area contributed by atoms with Crippen LogP contribution >= 0.6 is 11.6 Å². The van der Waals surface area contributed by atoms with Crippen LogP contribution < -0.4 is 4.90 Å². The number of hydrogen-bond acceptors (Lipinski definition) is 2. The molecule has 0 radical (unpaired) electrons. The molecule has 1 aromatic rings. The molecule has 18 heavy (non-hydrogen) atoms. The first kappa shape index (κ1) is 15.3. The zero-order valence-corrected chi connectivity index (χ0v) is 12.7. The van der Waals surface area contributed by atoms with Gasteiger partial charge in [0.2, 0.25) is 0 Å². The Labute approximate surface area is 116 Å². The second kappa shape index (κ2) is 7.63. The largest absolute Gasteiger partial charge is 0.367 e. The summed E-state index contributed by atoms with van der Waals surface area (Å²) >= 11 is 6.05. The molecule has 0 saturated heterocycles. The highest BCUT2D eigenvalue weighted by molar-refractivity contribution is 6.17. The second-order valence-corrected chi connectivity index (χ2v) is 5.42. The first-order chi connectivity index (χ1) is 8.63. The monoisotopic (exact) mass is 268 g/mol. The van der Waals surface area contributed by atoms with Crippen LogP contribution in [-0.2, 0) is 5.88 Å². The summed E-state index contributed by atoms with van der Waals surface area (Å²) in [5, 5.41) is 0. The minimum atomic E-state index is 0.548. The molecule has 3 heteroatoms. The molecule has 0 aromatic carbocycles. The minimum Gasteiger partial charge on any atom is -0.367 e. The Bertz CT molecular complexity index is 348. The van der Waals surface area contributed by atoms with Crippen molar-refractivity contribution in [3.05, 3.63) is 24.0 Å². The Morgan fingerprint density at radius 2 is 1.94 bits per heavy atom. The van der Waals surface area contributed by atoms with Gasteiger partial charge in [-0.3, -0.25) is 4.98 Å². The minimum absolute atomic E-state index is 0.548. The van der Waals surface area contributed by atoms with Gasteiger partial charge in [-0.1, -0.05) is 27.7 Å². The molecule has 0 spiro atoms. The average molecular weight is 269 g/mol. The van der Waals surface area contributed by atoms with Crippen LogP contribution in [0.4, 0.5) is 5.69 Å². The Kier molecular flexibility index (Phi) is 6.48. The zero-order chi connectivity index (χ0) is 13.5. The molecule has 0 aliphatic carbocycles. The summed E-state index contributed by atoms with van der Waals surface area (Å²) in [5.41, 5.74) is 2.38. The predicted octanol–water partition coefficient (Wildman–Crippen LogP) is 4.47. The van der Waals surface area contributed by atoms with E-state index < -0.39 is 0 Å². The van der Waals surface area contributed by atoms with E-state index in [2.05, 4.69) is 37.6 Å². The van der Waals surface area contributed by atoms with Crippen LogP contribution in [0.3, 0.4) is 0 Å². The Morgan fingerprint density at radius 1 is 1.28 bits per heavy atom. The van der Waals surface area contributed by atoms with Crippen molar-refractivity contribution < 1.29 is 0 Å². The van der Waals surface area contributed by atoms with Gasteiger partial charge in [-0.05, 0) is 30.4 Å². The van der Waals surface area contributed by atoms with Crippen LogP contribution in [0.15, 0.2) is 18.5 Å². The molecule has 0 aliphatic heterocycles. The van der Waals surface area contributed by atoms with Gasteiger partial charge in [-0.15, -0.1) is 11.6 Å². The third kappa shape index (κ3) is 3.88. The van der Waals surface area contributed by atoms with Gasteiger partial charge in [0.25, 0.3) is 0 Å². The van der Waals surface area contributed by atoms with E-state index in [0.29, 0.717) is 17.8 Å². The zero-order valence-electron chi connectivity index (χ0n) is 12.0. The molecule has 0 atom stereocenters. The van der Waals surface area contributed by atoms with Crippen molar-refractivity contribution in [2.75, 3.05) is 11.4 Å². The van der Waals surface area contributed by atoms with Crippen LogP contribution in [0, 0.1) is 5.92 Å². The van der Waals surface area contributed by atoms with Gasteiger partial charge in [0.05, 0.1) is 11.9 Å². The van der Waals surface area contributed by atoms with E-state index in [1.807, 2.05) is 18.5 Å². The highest BCUT2D eigenvalue weighted by Gasteiger charge is 2.19. The van der Waals surface area contributed by atoms with Gasteiger partial charge < -0.3 is 4.90 Å². The summed E-state index contributed by atoms with van der Waals surface area (Å²) in [4.78, 5) is 6.75. The van der Waals surface area contributed by atoms with Gasteiger partial charge in [0.15, 0.2) is 0 Å². The van der Waals surface area contributed by atoms with E-state index in [4.69, 9.17) is 11.6 Å². The van der Waals surface area contributed by atoms with Crippen molar-refractivity contribution in [3.8, 4) is 0 Å². The topological polar surface area (TPSA) is 16.1 Å². The highest BCUT2D eigenvalue weighted by Crippen LogP contribution is 2.26. The van der Waals surface area contributed by atoms with Crippen LogP contribution in [0.1, 0.15) is 46.1 Å². The fraction of sp³-hybridized carbons (Fsp3) is 0.667. The van der Waals surface area contributed by atoms with Crippen molar-refractivity contribution >= 4 is 17.3 Å². The van der Waals surface area contributed by atoms with Gasteiger partial charge in [-0.2, -0.15) is 0 Å². The smallest absolute Gasteiger partial charge is 0.0600 e. The second-order valence-electron chi connectivity index (χ2n) is 5.15. The molecule has 1 heterocycles. The van der Waals surface area contributed by atoms with Crippen LogP contribution in [0.2, 0.25) is 0 Å². The molecule has 0 amide bonds. The maximum atomic E-state index is 6.05. The Morgan fingerprint density at radius 3 is 2.44 bits per heavy atom. The lowest BCUT2D eigenvalue weighted by Crippen LogP contribution is -2.38. The summed E-state index contributed by atoms with van der Waals surface area (Å²) in [6.07, 6.45) is 6.08. The number of halogens is 1. The van der Waals surface area contributed by atoms with Crippen LogP contribution in [-0.4, -0.2) is 17.6 Å². The van der Waals surface area contributed by atoms with Crippen LogP contribution in [0.5, 0.6) is 0 Å². The molecule has 0 unspecified atom stereocenters. The first-order valence-electron chi connectivity index (χ1n) is 6.89. The molecular formula is C15H25ClN2. The standard InChI is InChI=1S/C15H25ClN2/c1-5-14(6-2)18(11-12(3)4)15-10-17-8-7-13(15)9-16/h7-8,10,12,14H,5-6,9,11H2,1-4H3. The van der Waals surface area contributed by atoms with E-state index in [1.54, 1.807) is 0 Å². The third-order valence-electron chi connectivity index (χ3n) is 3.29. The molecule has 1 aromatic heterocycles. The molecular weight excluding hydrogens is 244 g/mol. The van der Waals surface area contributed by atoms with Crippen molar-refractivity contribution in [2.45, 2.75) is 52.5 Å². The normalized spacial score (nSPS) is 11.3. The number of anilines is 1. The van der Waals surface area contributed by atoms with Gasteiger partial charge in [0.1, 0.15) is 0 Å². The van der Waals surface area contributed by atoms with Crippen LogP contribution in [0.25, 0.3) is 0 Å². The van der Waals surface area contributed by atoms with E-state index >= 15 is 0 Å². The van der Waals surface area contributed by atoms with Gasteiger partial charge in [-0.25, -0.2) is 0 Å². The summed E-state index contributed by atoms with van der Waals surface area (Å²) in [6, 6.07) is 2.59. The van der Waals surface area contributed by atoms with E-state index in [1.165, 1.54) is 11.3 Å². The highest BCUT2D eigenvalue weighted by atomic mass is 35.5. The molecule has 0 bridgehead atoms. The number of hydrogen-bond donors (Lipinski definition) is 0. The van der Waals surface area contributed by atoms with Gasteiger partial charge in [0, 0.05) is 24.7 Å². The average Bonchev–Trinajstić information content (AvgIpc) is 2.38. The Balaban J connectivity index is 3.07. The predicted molar refractivity (Wildman–Crippen MR) is 80.3 cm³/mol. The maximum absolute atomic E-state index is 6.05. The summed E-state index contributed by atoms with van der Waals surface area (Å²) < 4.78 is 0. The fourth-order valence-corrected chi connectivity index (χ4v) is 2.58. The number of pyridine rings is 1. The molecule has 0 N–H and O–H groups in total. The third-order valence-corrected chi connectivity index (χ3v) is 3.57. The van der Waals surface area contributed by atoms with Crippen molar-refractivity contribution in [2.24, 2.45) is 5.92 Å². The lowest BCUT2D eigenvalue weighted by atomic mass is 10.1. The maximum Gasteiger partial charge on any atom is 0.0600 e. The number of nitrogens with zero attached hydrogens (tertiary/aromatic N) is 2. The summed E-state index contributed by atoms with van der Waals surface area (Å²) in [6.45, 7) is 10.1. The lowest BCUT2D eigenvalue weighted by molar-refractivity contribution is 0.506. The number of rotatable bonds is 7. The molecule has 102 valence electrons. The van der Waals surface area contributed by atoms with Crippen molar-refractivity contribution in [1.82, 2.24) is 4.98 Å². The molecule has 0 fully saturated rings. The molecule has 0 saturated carbocycles. The summed E-state index contributed by atoms with van der Waals surface area (Å²) in [7, 11) is 0. The molecule has 2 nitrogen and oxygen atoms in total.